The molecule has 2 rings (SSSR count). The van der Waals surface area contributed by atoms with E-state index < -0.39 is 0 Å². The van der Waals surface area contributed by atoms with Crippen molar-refractivity contribution < 1.29 is 9.53 Å². The first-order valence-electron chi connectivity index (χ1n) is 7.88. The Labute approximate surface area is 116 Å². The van der Waals surface area contributed by atoms with E-state index in [1.165, 1.54) is 0 Å². The van der Waals surface area contributed by atoms with Crippen molar-refractivity contribution in [2.75, 3.05) is 26.2 Å². The molecule has 0 aromatic carbocycles. The number of rotatable bonds is 5. The van der Waals surface area contributed by atoms with Crippen molar-refractivity contribution in [3.8, 4) is 0 Å². The number of nitrogens with zero attached hydrogens (tertiary/aromatic N) is 1. The second-order valence-electron chi connectivity index (χ2n) is 5.83. The Bertz CT molecular complexity index is 299. The molecule has 0 aromatic rings. The summed E-state index contributed by atoms with van der Waals surface area (Å²) < 4.78 is 5.70. The number of hydrogen-bond donors (Lipinski definition) is 1. The van der Waals surface area contributed by atoms with E-state index in [0.29, 0.717) is 5.91 Å². The van der Waals surface area contributed by atoms with Crippen molar-refractivity contribution in [2.24, 2.45) is 0 Å². The van der Waals surface area contributed by atoms with Gasteiger partial charge in [-0.2, -0.15) is 0 Å². The maximum atomic E-state index is 12.9. The number of ether oxygens (including phenoxy) is 1. The average Bonchev–Trinajstić information content (AvgIpc) is 2.89. The van der Waals surface area contributed by atoms with Crippen LogP contribution < -0.4 is 5.32 Å². The SMILES string of the molecule is CCCC1(C(=O)N2CCCC(OCC)C2)CCCN1. The molecule has 2 unspecified atom stereocenters. The Morgan fingerprint density at radius 3 is 2.89 bits per heavy atom. The van der Waals surface area contributed by atoms with Gasteiger partial charge in [0.1, 0.15) is 0 Å². The molecule has 0 aliphatic carbocycles. The van der Waals surface area contributed by atoms with Crippen LogP contribution in [0, 0.1) is 0 Å². The van der Waals surface area contributed by atoms with Gasteiger partial charge < -0.3 is 15.0 Å². The predicted molar refractivity (Wildman–Crippen MR) is 76.1 cm³/mol. The Morgan fingerprint density at radius 1 is 1.42 bits per heavy atom. The van der Waals surface area contributed by atoms with Gasteiger partial charge in [0.05, 0.1) is 11.6 Å². The molecule has 0 radical (unpaired) electrons. The molecule has 4 nitrogen and oxygen atoms in total. The van der Waals surface area contributed by atoms with Gasteiger partial charge in [-0.05, 0) is 45.6 Å². The molecule has 2 heterocycles. The minimum Gasteiger partial charge on any atom is -0.377 e. The van der Waals surface area contributed by atoms with Gasteiger partial charge in [-0.15, -0.1) is 0 Å². The zero-order valence-corrected chi connectivity index (χ0v) is 12.4. The van der Waals surface area contributed by atoms with Crippen LogP contribution in [0.2, 0.25) is 0 Å². The normalized spacial score (nSPS) is 31.7. The predicted octanol–water partition coefficient (Wildman–Crippen LogP) is 1.94. The number of carbonyl (C=O) groups is 1. The van der Waals surface area contributed by atoms with Crippen LogP contribution >= 0.6 is 0 Å². The Morgan fingerprint density at radius 2 is 2.26 bits per heavy atom. The van der Waals surface area contributed by atoms with Crippen molar-refractivity contribution >= 4 is 5.91 Å². The summed E-state index contributed by atoms with van der Waals surface area (Å²) in [5.41, 5.74) is -0.275. The first-order chi connectivity index (χ1) is 9.22. The third-order valence-corrected chi connectivity index (χ3v) is 4.40. The molecular weight excluding hydrogens is 240 g/mol. The van der Waals surface area contributed by atoms with Crippen LogP contribution in [-0.2, 0) is 9.53 Å². The fraction of sp³-hybridized carbons (Fsp3) is 0.933. The monoisotopic (exact) mass is 268 g/mol. The highest BCUT2D eigenvalue weighted by Crippen LogP contribution is 2.28. The van der Waals surface area contributed by atoms with Crippen LogP contribution in [-0.4, -0.2) is 48.7 Å². The lowest BCUT2D eigenvalue weighted by atomic mass is 9.89. The molecule has 1 N–H and O–H groups in total. The summed E-state index contributed by atoms with van der Waals surface area (Å²) in [4.78, 5) is 14.9. The van der Waals surface area contributed by atoms with Gasteiger partial charge in [0.15, 0.2) is 0 Å². The van der Waals surface area contributed by atoms with E-state index in [0.717, 1.165) is 64.8 Å². The van der Waals surface area contributed by atoms with E-state index in [4.69, 9.17) is 4.74 Å². The largest absolute Gasteiger partial charge is 0.377 e. The Kier molecular flexibility index (Phi) is 5.22. The summed E-state index contributed by atoms with van der Waals surface area (Å²) in [6.45, 7) is 7.58. The molecule has 2 atom stereocenters. The molecule has 2 fully saturated rings. The standard InChI is InChI=1S/C15H28N2O2/c1-3-8-15(9-6-10-16-15)14(18)17-11-5-7-13(12-17)19-4-2/h13,16H,3-12H2,1-2H3. The third-order valence-electron chi connectivity index (χ3n) is 4.40. The van der Waals surface area contributed by atoms with Crippen LogP contribution in [0.5, 0.6) is 0 Å². The zero-order valence-electron chi connectivity index (χ0n) is 12.4. The molecule has 2 saturated heterocycles. The molecule has 0 aromatic heterocycles. The maximum absolute atomic E-state index is 12.9. The van der Waals surface area contributed by atoms with Crippen LogP contribution in [0.4, 0.5) is 0 Å². The van der Waals surface area contributed by atoms with E-state index >= 15 is 0 Å². The highest BCUT2D eigenvalue weighted by molar-refractivity contribution is 5.87. The number of nitrogens with one attached hydrogen (secondary N) is 1. The molecule has 4 heteroatoms. The van der Waals surface area contributed by atoms with Crippen molar-refractivity contribution in [1.82, 2.24) is 10.2 Å². The number of likely N-dealkylation sites (tertiary alicyclic amines) is 1. The molecular formula is C15H28N2O2. The quantitative estimate of drug-likeness (QED) is 0.828. The maximum Gasteiger partial charge on any atom is 0.242 e. The molecule has 2 aliphatic heterocycles. The van der Waals surface area contributed by atoms with E-state index in [1.807, 2.05) is 11.8 Å². The topological polar surface area (TPSA) is 41.6 Å². The van der Waals surface area contributed by atoms with Crippen LogP contribution in [0.3, 0.4) is 0 Å². The van der Waals surface area contributed by atoms with E-state index in [9.17, 15) is 4.79 Å². The van der Waals surface area contributed by atoms with Crippen molar-refractivity contribution in [2.45, 2.75) is 64.0 Å². The van der Waals surface area contributed by atoms with Crippen LogP contribution in [0.1, 0.15) is 52.4 Å². The van der Waals surface area contributed by atoms with Crippen molar-refractivity contribution in [1.29, 1.82) is 0 Å². The number of hydrogen-bond acceptors (Lipinski definition) is 3. The summed E-state index contributed by atoms with van der Waals surface area (Å²) >= 11 is 0. The molecule has 0 bridgehead atoms. The van der Waals surface area contributed by atoms with E-state index in [2.05, 4.69) is 12.2 Å². The van der Waals surface area contributed by atoms with Crippen LogP contribution in [0.25, 0.3) is 0 Å². The van der Waals surface area contributed by atoms with Gasteiger partial charge in [0.25, 0.3) is 0 Å². The summed E-state index contributed by atoms with van der Waals surface area (Å²) in [6.07, 6.45) is 6.53. The zero-order chi connectivity index (χ0) is 13.7. The lowest BCUT2D eigenvalue weighted by Crippen LogP contribution is -2.57. The lowest BCUT2D eigenvalue weighted by molar-refractivity contribution is -0.142. The van der Waals surface area contributed by atoms with E-state index in [1.54, 1.807) is 0 Å². The fourth-order valence-electron chi connectivity index (χ4n) is 3.53. The van der Waals surface area contributed by atoms with Gasteiger partial charge in [-0.25, -0.2) is 0 Å². The van der Waals surface area contributed by atoms with Gasteiger partial charge >= 0.3 is 0 Å². The minimum absolute atomic E-state index is 0.239. The molecule has 2 aliphatic rings. The highest BCUT2D eigenvalue weighted by atomic mass is 16.5. The fourth-order valence-corrected chi connectivity index (χ4v) is 3.53. The molecule has 19 heavy (non-hydrogen) atoms. The van der Waals surface area contributed by atoms with Crippen molar-refractivity contribution in [3.63, 3.8) is 0 Å². The molecule has 1 amide bonds. The van der Waals surface area contributed by atoms with Gasteiger partial charge in [0.2, 0.25) is 5.91 Å². The second-order valence-corrected chi connectivity index (χ2v) is 5.83. The van der Waals surface area contributed by atoms with Gasteiger partial charge in [0, 0.05) is 19.7 Å². The third kappa shape index (κ3) is 3.29. The average molecular weight is 268 g/mol. The van der Waals surface area contributed by atoms with Gasteiger partial charge in [-0.3, -0.25) is 4.79 Å². The summed E-state index contributed by atoms with van der Waals surface area (Å²) in [7, 11) is 0. The number of amides is 1. The lowest BCUT2D eigenvalue weighted by Gasteiger charge is -2.39. The summed E-state index contributed by atoms with van der Waals surface area (Å²) in [5, 5.41) is 3.48. The number of carbonyl (C=O) groups excluding carboxylic acids is 1. The second kappa shape index (κ2) is 6.71. The first kappa shape index (κ1) is 14.8. The highest BCUT2D eigenvalue weighted by Gasteiger charge is 2.43. The smallest absolute Gasteiger partial charge is 0.242 e. The Balaban J connectivity index is 2.00. The Hall–Kier alpha value is -0.610. The van der Waals surface area contributed by atoms with Gasteiger partial charge in [-0.1, -0.05) is 13.3 Å². The van der Waals surface area contributed by atoms with Crippen LogP contribution in [0.15, 0.2) is 0 Å². The number of piperidine rings is 1. The summed E-state index contributed by atoms with van der Waals surface area (Å²) in [6, 6.07) is 0. The summed E-state index contributed by atoms with van der Waals surface area (Å²) in [5.74, 6) is 0.316. The molecule has 0 saturated carbocycles. The molecule has 0 spiro atoms. The van der Waals surface area contributed by atoms with Crippen molar-refractivity contribution in [3.05, 3.63) is 0 Å². The van der Waals surface area contributed by atoms with E-state index in [-0.39, 0.29) is 11.6 Å². The molecule has 110 valence electrons. The first-order valence-corrected chi connectivity index (χ1v) is 7.88. The minimum atomic E-state index is -0.275.